The van der Waals surface area contributed by atoms with Gasteiger partial charge in [-0.1, -0.05) is 48.9 Å². The van der Waals surface area contributed by atoms with Crippen molar-refractivity contribution < 1.29 is 9.47 Å². The molecule has 0 saturated carbocycles. The fraction of sp³-hybridized carbons (Fsp3) is 0.211. The van der Waals surface area contributed by atoms with Gasteiger partial charge in [-0.15, -0.1) is 10.2 Å². The summed E-state index contributed by atoms with van der Waals surface area (Å²) in [5, 5.41) is 13.0. The third-order valence-electron chi connectivity index (χ3n) is 3.60. The lowest BCUT2D eigenvalue weighted by Gasteiger charge is -2.12. The maximum Gasteiger partial charge on any atom is 0.184 e. The molecule has 7 heteroatoms. The Morgan fingerprint density at radius 2 is 2.04 bits per heavy atom. The highest BCUT2D eigenvalue weighted by Gasteiger charge is 2.11. The zero-order valence-electron chi connectivity index (χ0n) is 14.6. The van der Waals surface area contributed by atoms with Crippen LogP contribution >= 0.6 is 11.6 Å². The van der Waals surface area contributed by atoms with Gasteiger partial charge < -0.3 is 9.47 Å². The highest BCUT2D eigenvalue weighted by molar-refractivity contribution is 6.32. The van der Waals surface area contributed by atoms with Crippen molar-refractivity contribution >= 4 is 17.8 Å². The van der Waals surface area contributed by atoms with Crippen molar-refractivity contribution in [1.29, 1.82) is 0 Å². The van der Waals surface area contributed by atoms with Crippen molar-refractivity contribution in [3.63, 3.8) is 0 Å². The third kappa shape index (κ3) is 4.03. The summed E-state index contributed by atoms with van der Waals surface area (Å²) >= 11 is 6.34. The average molecular weight is 371 g/mol. The summed E-state index contributed by atoms with van der Waals surface area (Å²) in [4.78, 5) is 0. The van der Waals surface area contributed by atoms with Crippen molar-refractivity contribution in [3.05, 3.63) is 59.4 Å². The number of nitrogens with zero attached hydrogens (tertiary/aromatic N) is 4. The Balaban J connectivity index is 1.88. The van der Waals surface area contributed by atoms with Crippen LogP contribution < -0.4 is 9.47 Å². The molecular weight excluding hydrogens is 352 g/mol. The van der Waals surface area contributed by atoms with E-state index in [1.165, 1.54) is 0 Å². The van der Waals surface area contributed by atoms with Gasteiger partial charge in [-0.25, -0.2) is 0 Å². The van der Waals surface area contributed by atoms with Crippen LogP contribution in [-0.2, 0) is 0 Å². The van der Waals surface area contributed by atoms with Crippen LogP contribution in [0, 0.1) is 0 Å². The van der Waals surface area contributed by atoms with Gasteiger partial charge in [0.1, 0.15) is 6.33 Å². The van der Waals surface area contributed by atoms with Crippen molar-refractivity contribution in [2.75, 3.05) is 13.7 Å². The van der Waals surface area contributed by atoms with Crippen molar-refractivity contribution in [2.24, 2.45) is 5.10 Å². The zero-order chi connectivity index (χ0) is 18.4. The minimum atomic E-state index is 0.478. The Labute approximate surface area is 157 Å². The molecule has 26 heavy (non-hydrogen) atoms. The summed E-state index contributed by atoms with van der Waals surface area (Å²) in [5.41, 5.74) is 1.71. The Morgan fingerprint density at radius 1 is 1.23 bits per heavy atom. The number of hydrogen-bond donors (Lipinski definition) is 0. The molecule has 0 saturated heterocycles. The maximum absolute atomic E-state index is 6.34. The van der Waals surface area contributed by atoms with E-state index in [1.54, 1.807) is 30.4 Å². The quantitative estimate of drug-likeness (QED) is 0.582. The first-order valence-corrected chi connectivity index (χ1v) is 8.61. The van der Waals surface area contributed by atoms with Gasteiger partial charge in [-0.2, -0.15) is 9.78 Å². The van der Waals surface area contributed by atoms with Gasteiger partial charge in [0.15, 0.2) is 17.3 Å². The number of rotatable bonds is 7. The van der Waals surface area contributed by atoms with Gasteiger partial charge in [-0.3, -0.25) is 0 Å². The number of halogens is 1. The van der Waals surface area contributed by atoms with Crippen LogP contribution in [0.25, 0.3) is 11.4 Å². The van der Waals surface area contributed by atoms with E-state index in [1.807, 2.05) is 43.3 Å². The lowest BCUT2D eigenvalue weighted by Crippen LogP contribution is -2.00. The van der Waals surface area contributed by atoms with Gasteiger partial charge in [0, 0.05) is 5.56 Å². The molecule has 134 valence electrons. The van der Waals surface area contributed by atoms with E-state index in [0.717, 1.165) is 17.5 Å². The molecule has 0 aliphatic rings. The Morgan fingerprint density at radius 3 is 2.77 bits per heavy atom. The fourth-order valence-corrected chi connectivity index (χ4v) is 2.65. The monoisotopic (exact) mass is 370 g/mol. The molecule has 6 nitrogen and oxygen atoms in total. The second kappa shape index (κ2) is 8.49. The highest BCUT2D eigenvalue weighted by atomic mass is 35.5. The molecule has 2 aromatic carbocycles. The van der Waals surface area contributed by atoms with E-state index in [4.69, 9.17) is 21.1 Å². The summed E-state index contributed by atoms with van der Waals surface area (Å²) in [6, 6.07) is 13.4. The summed E-state index contributed by atoms with van der Waals surface area (Å²) < 4.78 is 12.7. The first-order valence-electron chi connectivity index (χ1n) is 8.23. The van der Waals surface area contributed by atoms with Gasteiger partial charge >= 0.3 is 0 Å². The molecule has 0 aliphatic carbocycles. The maximum atomic E-state index is 6.34. The topological polar surface area (TPSA) is 61.5 Å². The molecule has 0 aliphatic heterocycles. The summed E-state index contributed by atoms with van der Waals surface area (Å²) in [6.07, 6.45) is 4.11. The number of ether oxygens (including phenoxy) is 2. The molecule has 0 atom stereocenters. The second-order valence-corrected chi connectivity index (χ2v) is 5.90. The Kier molecular flexibility index (Phi) is 5.86. The van der Waals surface area contributed by atoms with Crippen LogP contribution in [0.15, 0.2) is 53.9 Å². The Hall–Kier alpha value is -2.86. The number of methoxy groups -OCH3 is 1. The van der Waals surface area contributed by atoms with E-state index >= 15 is 0 Å². The van der Waals surface area contributed by atoms with Gasteiger partial charge in [0.05, 0.1) is 25.0 Å². The predicted molar refractivity (Wildman–Crippen MR) is 102 cm³/mol. The molecule has 0 unspecified atom stereocenters. The fourth-order valence-electron chi connectivity index (χ4n) is 2.38. The molecule has 0 spiro atoms. The molecule has 1 aromatic heterocycles. The lowest BCUT2D eigenvalue weighted by molar-refractivity contribution is 0.294. The molecule has 0 amide bonds. The Bertz CT molecular complexity index is 894. The van der Waals surface area contributed by atoms with Crippen molar-refractivity contribution in [3.8, 4) is 22.9 Å². The van der Waals surface area contributed by atoms with E-state index in [9.17, 15) is 0 Å². The zero-order valence-corrected chi connectivity index (χ0v) is 15.3. The van der Waals surface area contributed by atoms with Crippen molar-refractivity contribution in [1.82, 2.24) is 14.9 Å². The minimum Gasteiger partial charge on any atom is -0.493 e. The van der Waals surface area contributed by atoms with E-state index in [0.29, 0.717) is 29.0 Å². The van der Waals surface area contributed by atoms with Crippen LogP contribution in [0.5, 0.6) is 11.5 Å². The molecule has 0 N–H and O–H groups in total. The second-order valence-electron chi connectivity index (χ2n) is 5.49. The minimum absolute atomic E-state index is 0.478. The molecular formula is C19H19ClN4O2. The summed E-state index contributed by atoms with van der Waals surface area (Å²) in [6.45, 7) is 2.61. The van der Waals surface area contributed by atoms with Crippen LogP contribution in [0.3, 0.4) is 0 Å². The normalized spacial score (nSPS) is 11.0. The van der Waals surface area contributed by atoms with Crippen molar-refractivity contribution in [2.45, 2.75) is 13.3 Å². The van der Waals surface area contributed by atoms with E-state index in [2.05, 4.69) is 15.3 Å². The summed E-state index contributed by atoms with van der Waals surface area (Å²) in [5.74, 6) is 1.77. The lowest BCUT2D eigenvalue weighted by atomic mass is 10.2. The molecule has 0 radical (unpaired) electrons. The smallest absolute Gasteiger partial charge is 0.184 e. The van der Waals surface area contributed by atoms with E-state index in [-0.39, 0.29) is 0 Å². The summed E-state index contributed by atoms with van der Waals surface area (Å²) in [7, 11) is 1.58. The number of aromatic nitrogens is 3. The number of hydrogen-bond acceptors (Lipinski definition) is 5. The molecule has 1 heterocycles. The molecule has 3 rings (SSSR count). The van der Waals surface area contributed by atoms with Crippen LogP contribution in [-0.4, -0.2) is 34.8 Å². The standard InChI is InChI=1S/C19H19ClN4O2/c1-3-9-26-18-16(20)10-14(11-17(18)25-2)12-22-24-13-21-23-19(24)15-7-5-4-6-8-15/h4-8,10-13H,3,9H2,1-2H3/b22-12-. The molecule has 3 aromatic rings. The van der Waals surface area contributed by atoms with Crippen LogP contribution in [0.2, 0.25) is 5.02 Å². The largest absolute Gasteiger partial charge is 0.493 e. The van der Waals surface area contributed by atoms with Gasteiger partial charge in [0.25, 0.3) is 0 Å². The van der Waals surface area contributed by atoms with Gasteiger partial charge in [0.2, 0.25) is 0 Å². The highest BCUT2D eigenvalue weighted by Crippen LogP contribution is 2.36. The first-order chi connectivity index (χ1) is 12.7. The molecule has 0 fully saturated rings. The average Bonchev–Trinajstić information content (AvgIpc) is 3.14. The predicted octanol–water partition coefficient (Wildman–Crippen LogP) is 4.28. The molecule has 0 bridgehead atoms. The first kappa shape index (κ1) is 17.9. The third-order valence-corrected chi connectivity index (χ3v) is 3.88. The van der Waals surface area contributed by atoms with Crippen LogP contribution in [0.1, 0.15) is 18.9 Å². The SMILES string of the molecule is CCCOc1c(Cl)cc(/C=N\n2cnnc2-c2ccccc2)cc1OC. The van der Waals surface area contributed by atoms with Gasteiger partial charge in [-0.05, 0) is 24.1 Å². The number of benzene rings is 2. The van der Waals surface area contributed by atoms with E-state index < -0.39 is 0 Å². The van der Waals surface area contributed by atoms with Crippen LogP contribution in [0.4, 0.5) is 0 Å².